The number of urea groups is 1. The van der Waals surface area contributed by atoms with Crippen molar-refractivity contribution in [3.63, 3.8) is 0 Å². The highest BCUT2D eigenvalue weighted by Crippen LogP contribution is 2.46. The lowest BCUT2D eigenvalue weighted by Gasteiger charge is -2.43. The number of nitrogens with zero attached hydrogens (tertiary/aromatic N) is 2. The lowest BCUT2D eigenvalue weighted by Crippen LogP contribution is -2.62. The number of allylic oxidation sites excluding steroid dienone is 2. The Kier molecular flexibility index (Phi) is 3.59. The van der Waals surface area contributed by atoms with E-state index in [4.69, 9.17) is 4.65 Å². The van der Waals surface area contributed by atoms with Gasteiger partial charge in [0.15, 0.2) is 0 Å². The van der Waals surface area contributed by atoms with E-state index in [1.54, 1.807) is 12.2 Å². The standard InChI is InChI=1S/C18H18BF2N3O3/c20-18(21)8-24(9-18)17(25)23-11-4-10(5-11)13-6-19(26)27-15-7-22-14-3-1-2-12(14)16(13)15/h1-2,6-7,10-11,26H,3-5,8-9H2,(H,23,25). The van der Waals surface area contributed by atoms with E-state index in [-0.39, 0.29) is 12.0 Å². The molecule has 3 heterocycles. The Morgan fingerprint density at radius 2 is 2.19 bits per heavy atom. The van der Waals surface area contributed by atoms with Crippen molar-refractivity contribution in [2.75, 3.05) is 13.1 Å². The van der Waals surface area contributed by atoms with Gasteiger partial charge in [-0.15, -0.1) is 0 Å². The molecule has 0 bridgehead atoms. The van der Waals surface area contributed by atoms with Crippen molar-refractivity contribution >= 4 is 24.8 Å². The largest absolute Gasteiger partial charge is 0.552 e. The molecule has 140 valence electrons. The van der Waals surface area contributed by atoms with Gasteiger partial charge in [-0.05, 0) is 30.3 Å². The molecule has 6 nitrogen and oxygen atoms in total. The Bertz CT molecular complexity index is 875. The summed E-state index contributed by atoms with van der Waals surface area (Å²) in [5, 5.41) is 12.8. The molecule has 2 aliphatic carbocycles. The molecular weight excluding hydrogens is 355 g/mol. The van der Waals surface area contributed by atoms with Gasteiger partial charge in [0, 0.05) is 23.6 Å². The average molecular weight is 373 g/mol. The van der Waals surface area contributed by atoms with Crippen LogP contribution in [-0.4, -0.2) is 53.1 Å². The second kappa shape index (κ2) is 5.79. The molecular formula is C18H18BF2N3O3. The molecule has 2 amide bonds. The van der Waals surface area contributed by atoms with Crippen molar-refractivity contribution in [1.82, 2.24) is 15.2 Å². The summed E-state index contributed by atoms with van der Waals surface area (Å²) >= 11 is 0. The second-order valence-corrected chi connectivity index (χ2v) is 7.62. The van der Waals surface area contributed by atoms with Crippen molar-refractivity contribution < 1.29 is 23.3 Å². The fourth-order valence-electron chi connectivity index (χ4n) is 4.22. The summed E-state index contributed by atoms with van der Waals surface area (Å²) in [6.07, 6.45) is 7.91. The highest BCUT2D eigenvalue weighted by atomic mass is 19.3. The zero-order chi connectivity index (χ0) is 18.8. The fourth-order valence-corrected chi connectivity index (χ4v) is 4.22. The third-order valence-corrected chi connectivity index (χ3v) is 5.66. The van der Waals surface area contributed by atoms with Gasteiger partial charge in [0.1, 0.15) is 5.75 Å². The first-order valence-electron chi connectivity index (χ1n) is 9.08. The zero-order valence-corrected chi connectivity index (χ0v) is 14.5. The predicted molar refractivity (Wildman–Crippen MR) is 95.1 cm³/mol. The molecule has 0 atom stereocenters. The summed E-state index contributed by atoms with van der Waals surface area (Å²) in [4.78, 5) is 17.5. The van der Waals surface area contributed by atoms with Crippen LogP contribution in [0.2, 0.25) is 0 Å². The maximum absolute atomic E-state index is 12.9. The van der Waals surface area contributed by atoms with Crippen molar-refractivity contribution in [1.29, 1.82) is 0 Å². The summed E-state index contributed by atoms with van der Waals surface area (Å²) in [5.74, 6) is -0.298. The molecule has 1 saturated heterocycles. The number of carbonyl (C=O) groups is 1. The van der Waals surface area contributed by atoms with Crippen LogP contribution in [0.15, 0.2) is 18.2 Å². The van der Waals surface area contributed by atoms with Crippen LogP contribution >= 0.6 is 0 Å². The molecule has 4 aliphatic rings. The number of carbonyl (C=O) groups excluding carboxylic acids is 1. The number of aromatic nitrogens is 1. The first-order valence-corrected chi connectivity index (χ1v) is 9.08. The van der Waals surface area contributed by atoms with E-state index in [2.05, 4.69) is 10.3 Å². The molecule has 0 aromatic carbocycles. The lowest BCUT2D eigenvalue weighted by molar-refractivity contribution is -0.110. The van der Waals surface area contributed by atoms with Gasteiger partial charge >= 0.3 is 13.1 Å². The Hall–Kier alpha value is -2.42. The zero-order valence-electron chi connectivity index (χ0n) is 14.5. The van der Waals surface area contributed by atoms with E-state index in [0.29, 0.717) is 18.6 Å². The maximum atomic E-state index is 12.9. The Balaban J connectivity index is 1.28. The van der Waals surface area contributed by atoms with E-state index in [9.17, 15) is 18.6 Å². The molecule has 2 N–H and O–H groups in total. The third-order valence-electron chi connectivity index (χ3n) is 5.66. The molecule has 0 radical (unpaired) electrons. The Morgan fingerprint density at radius 1 is 1.41 bits per heavy atom. The first-order chi connectivity index (χ1) is 12.9. The van der Waals surface area contributed by atoms with E-state index < -0.39 is 32.2 Å². The molecule has 2 aliphatic heterocycles. The van der Waals surface area contributed by atoms with E-state index in [1.165, 1.54) is 0 Å². The van der Waals surface area contributed by atoms with E-state index in [0.717, 1.165) is 33.7 Å². The molecule has 27 heavy (non-hydrogen) atoms. The van der Waals surface area contributed by atoms with Crippen molar-refractivity contribution in [2.45, 2.75) is 31.2 Å². The monoisotopic (exact) mass is 373 g/mol. The summed E-state index contributed by atoms with van der Waals surface area (Å²) in [6, 6.07) is -0.481. The minimum absolute atomic E-state index is 0.0495. The maximum Gasteiger partial charge on any atom is 0.552 e. The second-order valence-electron chi connectivity index (χ2n) is 7.62. The topological polar surface area (TPSA) is 74.7 Å². The van der Waals surface area contributed by atoms with Gasteiger partial charge in [-0.25, -0.2) is 13.6 Å². The van der Waals surface area contributed by atoms with Gasteiger partial charge in [0.05, 0.1) is 25.0 Å². The van der Waals surface area contributed by atoms with E-state index >= 15 is 0 Å². The van der Waals surface area contributed by atoms with Gasteiger partial charge < -0.3 is 19.9 Å². The molecule has 2 fully saturated rings. The minimum atomic E-state index is -2.76. The van der Waals surface area contributed by atoms with Crippen LogP contribution in [0.1, 0.15) is 29.7 Å². The molecule has 9 heteroatoms. The third kappa shape index (κ3) is 2.81. The number of hydrogen-bond acceptors (Lipinski definition) is 4. The molecule has 1 aromatic rings. The molecule has 5 rings (SSSR count). The van der Waals surface area contributed by atoms with Crippen LogP contribution in [0.5, 0.6) is 5.75 Å². The highest BCUT2D eigenvalue weighted by Gasteiger charge is 2.47. The summed E-state index contributed by atoms with van der Waals surface area (Å²) in [5.41, 5.74) is 4.00. The normalized spacial score (nSPS) is 27.0. The van der Waals surface area contributed by atoms with Crippen molar-refractivity contribution in [3.05, 3.63) is 35.1 Å². The summed E-state index contributed by atoms with van der Waals surface area (Å²) in [7, 11) is -1.02. The quantitative estimate of drug-likeness (QED) is 0.777. The van der Waals surface area contributed by atoms with Crippen LogP contribution in [0.25, 0.3) is 11.6 Å². The van der Waals surface area contributed by atoms with Gasteiger partial charge in [-0.1, -0.05) is 12.2 Å². The number of rotatable bonds is 2. The number of halogens is 2. The smallest absolute Gasteiger partial charge is 0.531 e. The fraction of sp³-hybridized carbons (Fsp3) is 0.444. The Labute approximate surface area is 155 Å². The number of hydrogen-bond donors (Lipinski definition) is 2. The van der Waals surface area contributed by atoms with E-state index in [1.807, 2.05) is 12.2 Å². The average Bonchev–Trinajstić information content (AvgIpc) is 3.03. The van der Waals surface area contributed by atoms with Crippen LogP contribution in [-0.2, 0) is 6.42 Å². The van der Waals surface area contributed by atoms with Crippen LogP contribution in [0.4, 0.5) is 13.6 Å². The molecule has 1 saturated carbocycles. The predicted octanol–water partition coefficient (Wildman–Crippen LogP) is 1.89. The minimum Gasteiger partial charge on any atom is -0.531 e. The Morgan fingerprint density at radius 3 is 2.93 bits per heavy atom. The van der Waals surface area contributed by atoms with Crippen molar-refractivity contribution in [3.8, 4) is 5.75 Å². The van der Waals surface area contributed by atoms with Gasteiger partial charge in [-0.2, -0.15) is 0 Å². The number of alkyl halides is 2. The van der Waals surface area contributed by atoms with Gasteiger partial charge in [0.25, 0.3) is 5.92 Å². The van der Waals surface area contributed by atoms with Crippen LogP contribution in [0, 0.1) is 5.92 Å². The lowest BCUT2D eigenvalue weighted by atomic mass is 9.68. The van der Waals surface area contributed by atoms with Crippen molar-refractivity contribution in [2.24, 2.45) is 5.92 Å². The summed E-state index contributed by atoms with van der Waals surface area (Å²) in [6.45, 7) is -1.02. The number of fused-ring (bicyclic) bond motifs is 3. The van der Waals surface area contributed by atoms with Crippen LogP contribution < -0.4 is 9.97 Å². The first kappa shape index (κ1) is 16.7. The number of likely N-dealkylation sites (tertiary alicyclic amines) is 1. The van der Waals surface area contributed by atoms with Gasteiger partial charge in [-0.3, -0.25) is 4.98 Å². The molecule has 0 spiro atoms. The number of pyridine rings is 1. The molecule has 1 aromatic heterocycles. The highest BCUT2D eigenvalue weighted by molar-refractivity contribution is 6.52. The number of nitrogens with one attached hydrogen (secondary N) is 1. The van der Waals surface area contributed by atoms with Crippen LogP contribution in [0.3, 0.4) is 0 Å². The SMILES string of the molecule is O=C(NC1CC(C2=CB(O)Oc3cnc4c(c32)C=CC4)C1)N1CC(F)(F)C1. The van der Waals surface area contributed by atoms with Gasteiger partial charge in [0.2, 0.25) is 0 Å². The summed E-state index contributed by atoms with van der Waals surface area (Å²) < 4.78 is 31.3. The molecule has 0 unspecified atom stereocenters. The number of amides is 2.